The van der Waals surface area contributed by atoms with Crippen LogP contribution in [0.3, 0.4) is 0 Å². The van der Waals surface area contributed by atoms with Gasteiger partial charge in [0.2, 0.25) is 0 Å². The fourth-order valence-electron chi connectivity index (χ4n) is 1.14. The van der Waals surface area contributed by atoms with Crippen LogP contribution in [0.25, 0.3) is 0 Å². The summed E-state index contributed by atoms with van der Waals surface area (Å²) in [7, 11) is 0. The van der Waals surface area contributed by atoms with Gasteiger partial charge in [0.1, 0.15) is 5.75 Å². The van der Waals surface area contributed by atoms with Crippen LogP contribution in [-0.4, -0.2) is 24.0 Å². The predicted octanol–water partition coefficient (Wildman–Crippen LogP) is 2.64. The molecular formula is C11H10F3NO3. The molecule has 0 amide bonds. The average Bonchev–Trinajstić information content (AvgIpc) is 2.22. The Hall–Kier alpha value is -2.18. The molecule has 4 nitrogen and oxygen atoms in total. The molecule has 18 heavy (non-hydrogen) atoms. The Kier molecular flexibility index (Phi) is 4.59. The first-order valence-corrected chi connectivity index (χ1v) is 4.86. The Morgan fingerprint density at radius 2 is 2.17 bits per heavy atom. The second kappa shape index (κ2) is 5.95. The van der Waals surface area contributed by atoms with E-state index < -0.39 is 12.3 Å². The van der Waals surface area contributed by atoms with Crippen molar-refractivity contribution in [2.24, 2.45) is 0 Å². The van der Waals surface area contributed by atoms with Crippen LogP contribution in [-0.2, 0) is 4.79 Å². The Morgan fingerprint density at radius 3 is 2.78 bits per heavy atom. The molecule has 1 aromatic rings. The zero-order valence-corrected chi connectivity index (χ0v) is 9.07. The number of benzene rings is 1. The minimum absolute atomic E-state index is 0.182. The number of carboxylic acids is 1. The molecule has 0 aromatic heterocycles. The summed E-state index contributed by atoms with van der Waals surface area (Å²) in [4.78, 5) is 10.2. The summed E-state index contributed by atoms with van der Waals surface area (Å²) >= 11 is 0. The van der Waals surface area contributed by atoms with Gasteiger partial charge in [0.05, 0.1) is 0 Å². The van der Waals surface area contributed by atoms with E-state index in [1.165, 1.54) is 30.3 Å². The first-order chi connectivity index (χ1) is 8.37. The topological polar surface area (TPSA) is 58.6 Å². The standard InChI is InChI=1S/C11H10F3NO3/c12-11(13,14)18-9-4-1-3-8(7-9)15-6-2-5-10(16)17/h1-5,7,15H,6H2,(H,16,17)/b5-2+. The maximum absolute atomic E-state index is 11.9. The van der Waals surface area contributed by atoms with Crippen LogP contribution in [0.15, 0.2) is 36.4 Å². The highest BCUT2D eigenvalue weighted by atomic mass is 19.4. The van der Waals surface area contributed by atoms with Crippen LogP contribution in [0.4, 0.5) is 18.9 Å². The van der Waals surface area contributed by atoms with Gasteiger partial charge in [0, 0.05) is 24.4 Å². The van der Waals surface area contributed by atoms with Crippen molar-refractivity contribution in [3.05, 3.63) is 36.4 Å². The SMILES string of the molecule is O=C(O)/C=C/CNc1cccc(OC(F)(F)F)c1. The molecule has 0 spiro atoms. The zero-order valence-electron chi connectivity index (χ0n) is 9.07. The second-order valence-corrected chi connectivity index (χ2v) is 3.20. The van der Waals surface area contributed by atoms with Crippen LogP contribution in [0.2, 0.25) is 0 Å². The lowest BCUT2D eigenvalue weighted by atomic mass is 10.3. The number of aliphatic carboxylic acids is 1. The summed E-state index contributed by atoms with van der Waals surface area (Å²) in [6, 6.07) is 5.27. The van der Waals surface area contributed by atoms with Crippen molar-refractivity contribution in [2.75, 3.05) is 11.9 Å². The van der Waals surface area contributed by atoms with Crippen LogP contribution >= 0.6 is 0 Å². The quantitative estimate of drug-likeness (QED) is 0.800. The van der Waals surface area contributed by atoms with Gasteiger partial charge in [0.15, 0.2) is 0 Å². The van der Waals surface area contributed by atoms with Crippen molar-refractivity contribution in [1.29, 1.82) is 0 Å². The molecule has 0 aliphatic rings. The lowest BCUT2D eigenvalue weighted by Crippen LogP contribution is -2.17. The molecule has 0 aliphatic carbocycles. The molecule has 7 heteroatoms. The largest absolute Gasteiger partial charge is 0.573 e. The highest BCUT2D eigenvalue weighted by Crippen LogP contribution is 2.24. The number of rotatable bonds is 5. The Bertz CT molecular complexity index is 443. The first kappa shape index (κ1) is 13.9. The fourth-order valence-corrected chi connectivity index (χ4v) is 1.14. The molecule has 0 saturated carbocycles. The van der Waals surface area contributed by atoms with Gasteiger partial charge in [-0.15, -0.1) is 13.2 Å². The number of carboxylic acid groups (broad SMARTS) is 1. The summed E-state index contributed by atoms with van der Waals surface area (Å²) in [5, 5.41) is 11.1. The third kappa shape index (κ3) is 5.78. The van der Waals surface area contributed by atoms with Gasteiger partial charge in [-0.05, 0) is 12.1 Å². The number of alkyl halides is 3. The minimum atomic E-state index is -4.73. The monoisotopic (exact) mass is 261 g/mol. The lowest BCUT2D eigenvalue weighted by molar-refractivity contribution is -0.274. The maximum Gasteiger partial charge on any atom is 0.573 e. The van der Waals surface area contributed by atoms with E-state index in [1.54, 1.807) is 0 Å². The molecule has 0 radical (unpaired) electrons. The minimum Gasteiger partial charge on any atom is -0.478 e. The normalized spacial score (nSPS) is 11.5. The molecule has 0 unspecified atom stereocenters. The number of carbonyl (C=O) groups is 1. The van der Waals surface area contributed by atoms with E-state index in [9.17, 15) is 18.0 Å². The van der Waals surface area contributed by atoms with Gasteiger partial charge in [-0.2, -0.15) is 0 Å². The van der Waals surface area contributed by atoms with E-state index in [2.05, 4.69) is 10.1 Å². The maximum atomic E-state index is 11.9. The van der Waals surface area contributed by atoms with Crippen molar-refractivity contribution >= 4 is 11.7 Å². The number of nitrogens with one attached hydrogen (secondary N) is 1. The lowest BCUT2D eigenvalue weighted by Gasteiger charge is -2.10. The van der Waals surface area contributed by atoms with Crippen LogP contribution in [0.5, 0.6) is 5.75 Å². The van der Waals surface area contributed by atoms with Crippen molar-refractivity contribution < 1.29 is 27.8 Å². The molecular weight excluding hydrogens is 251 g/mol. The van der Waals surface area contributed by atoms with Gasteiger partial charge >= 0.3 is 12.3 Å². The highest BCUT2D eigenvalue weighted by Gasteiger charge is 2.31. The van der Waals surface area contributed by atoms with Gasteiger partial charge in [-0.1, -0.05) is 12.1 Å². The molecule has 0 fully saturated rings. The summed E-state index contributed by atoms with van der Waals surface area (Å²) in [5.41, 5.74) is 0.395. The predicted molar refractivity (Wildman–Crippen MR) is 58.4 cm³/mol. The van der Waals surface area contributed by atoms with E-state index in [-0.39, 0.29) is 12.3 Å². The summed E-state index contributed by atoms with van der Waals surface area (Å²) < 4.78 is 39.6. The van der Waals surface area contributed by atoms with E-state index in [1.807, 2.05) is 0 Å². The summed E-state index contributed by atoms with van der Waals surface area (Å²) in [5.74, 6) is -1.43. The van der Waals surface area contributed by atoms with Crippen LogP contribution in [0.1, 0.15) is 0 Å². The molecule has 1 rings (SSSR count). The highest BCUT2D eigenvalue weighted by molar-refractivity contribution is 5.79. The number of hydrogen-bond acceptors (Lipinski definition) is 3. The fraction of sp³-hybridized carbons (Fsp3) is 0.182. The number of anilines is 1. The molecule has 0 heterocycles. The van der Waals surface area contributed by atoms with Crippen molar-refractivity contribution in [3.63, 3.8) is 0 Å². The second-order valence-electron chi connectivity index (χ2n) is 3.20. The molecule has 0 bridgehead atoms. The van der Waals surface area contributed by atoms with E-state index in [0.29, 0.717) is 5.69 Å². The van der Waals surface area contributed by atoms with Gasteiger partial charge in [-0.25, -0.2) is 4.79 Å². The van der Waals surface area contributed by atoms with Gasteiger partial charge in [0.25, 0.3) is 0 Å². The molecule has 0 atom stereocenters. The van der Waals surface area contributed by atoms with Crippen LogP contribution < -0.4 is 10.1 Å². The Balaban J connectivity index is 2.57. The Labute approximate surface area is 101 Å². The van der Waals surface area contributed by atoms with E-state index >= 15 is 0 Å². The van der Waals surface area contributed by atoms with E-state index in [0.717, 1.165) is 6.08 Å². The molecule has 1 aromatic carbocycles. The van der Waals surface area contributed by atoms with Crippen molar-refractivity contribution in [3.8, 4) is 5.75 Å². The summed E-state index contributed by atoms with van der Waals surface area (Å²) in [6.07, 6.45) is -2.47. The average molecular weight is 261 g/mol. The van der Waals surface area contributed by atoms with Crippen molar-refractivity contribution in [1.82, 2.24) is 0 Å². The van der Waals surface area contributed by atoms with Crippen LogP contribution in [0, 0.1) is 0 Å². The smallest absolute Gasteiger partial charge is 0.478 e. The number of hydrogen-bond donors (Lipinski definition) is 2. The summed E-state index contributed by atoms with van der Waals surface area (Å²) in [6.45, 7) is 0.182. The number of ether oxygens (including phenoxy) is 1. The molecule has 0 saturated heterocycles. The first-order valence-electron chi connectivity index (χ1n) is 4.86. The van der Waals surface area contributed by atoms with Gasteiger partial charge in [-0.3, -0.25) is 0 Å². The third-order valence-electron chi connectivity index (χ3n) is 1.75. The van der Waals surface area contributed by atoms with Gasteiger partial charge < -0.3 is 15.2 Å². The molecule has 98 valence electrons. The van der Waals surface area contributed by atoms with Crippen molar-refractivity contribution in [2.45, 2.75) is 6.36 Å². The molecule has 0 aliphatic heterocycles. The number of halogens is 3. The molecule has 2 N–H and O–H groups in total. The Morgan fingerprint density at radius 1 is 1.44 bits per heavy atom. The van der Waals surface area contributed by atoms with E-state index in [4.69, 9.17) is 5.11 Å². The third-order valence-corrected chi connectivity index (χ3v) is 1.75. The zero-order chi connectivity index (χ0) is 13.6.